The highest BCUT2D eigenvalue weighted by molar-refractivity contribution is 7.25. The van der Waals surface area contributed by atoms with Gasteiger partial charge in [0.15, 0.2) is 5.95 Å². The van der Waals surface area contributed by atoms with Crippen molar-refractivity contribution in [3.8, 4) is 11.1 Å². The number of hydrogen-bond donors (Lipinski definition) is 2. The van der Waals surface area contributed by atoms with E-state index in [1.165, 1.54) is 31.3 Å². The lowest BCUT2D eigenvalue weighted by Crippen LogP contribution is -1.84. The van der Waals surface area contributed by atoms with Crippen LogP contribution in [0.2, 0.25) is 0 Å². The molecule has 5 rings (SSSR count). The third kappa shape index (κ3) is 1.92. The topological polar surface area (TPSA) is 54.7 Å². The van der Waals surface area contributed by atoms with E-state index in [1.54, 1.807) is 0 Å². The first-order valence-corrected chi connectivity index (χ1v) is 8.26. The summed E-state index contributed by atoms with van der Waals surface area (Å²) in [6.45, 7) is 0. The van der Waals surface area contributed by atoms with E-state index in [1.807, 2.05) is 17.4 Å². The summed E-state index contributed by atoms with van der Waals surface area (Å²) < 4.78 is 2.65. The number of nitrogens with one attached hydrogen (secondary N) is 1. The molecule has 0 saturated carbocycles. The summed E-state index contributed by atoms with van der Waals surface area (Å²) in [7, 11) is 0. The zero-order valence-electron chi connectivity index (χ0n) is 12.2. The molecular weight excluding hydrogens is 302 g/mol. The van der Waals surface area contributed by atoms with Crippen LogP contribution in [-0.4, -0.2) is 9.97 Å². The minimum absolute atomic E-state index is 0.455. The Bertz CT molecular complexity index is 1180. The fraction of sp³-hybridized carbons (Fsp3) is 0. The zero-order valence-corrected chi connectivity index (χ0v) is 13.0. The number of benzene rings is 3. The van der Waals surface area contributed by atoms with Gasteiger partial charge < -0.3 is 10.7 Å². The number of anilines is 1. The van der Waals surface area contributed by atoms with Crippen molar-refractivity contribution in [1.29, 1.82) is 0 Å². The molecule has 5 aromatic rings. The van der Waals surface area contributed by atoms with E-state index in [2.05, 4.69) is 64.6 Å². The molecule has 3 N–H and O–H groups in total. The van der Waals surface area contributed by atoms with E-state index < -0.39 is 0 Å². The van der Waals surface area contributed by atoms with Crippen LogP contribution in [0.5, 0.6) is 0 Å². The van der Waals surface area contributed by atoms with Gasteiger partial charge in [0.05, 0.1) is 11.0 Å². The van der Waals surface area contributed by atoms with Crippen LogP contribution in [0.1, 0.15) is 0 Å². The van der Waals surface area contributed by atoms with Gasteiger partial charge in [0, 0.05) is 20.2 Å². The van der Waals surface area contributed by atoms with Crippen molar-refractivity contribution in [1.82, 2.24) is 9.97 Å². The largest absolute Gasteiger partial charge is 0.369 e. The van der Waals surface area contributed by atoms with Gasteiger partial charge in [-0.1, -0.05) is 30.3 Å². The summed E-state index contributed by atoms with van der Waals surface area (Å²) in [6, 6.07) is 21.4. The fourth-order valence-electron chi connectivity index (χ4n) is 3.11. The van der Waals surface area contributed by atoms with Crippen LogP contribution in [-0.2, 0) is 0 Å². The minimum Gasteiger partial charge on any atom is -0.369 e. The first-order chi connectivity index (χ1) is 11.3. The number of hydrogen-bond acceptors (Lipinski definition) is 3. The van der Waals surface area contributed by atoms with Gasteiger partial charge in [-0.2, -0.15) is 0 Å². The van der Waals surface area contributed by atoms with Crippen LogP contribution in [0.3, 0.4) is 0 Å². The number of aromatic amines is 1. The first-order valence-electron chi connectivity index (χ1n) is 7.45. The zero-order chi connectivity index (χ0) is 15.4. The Kier molecular flexibility index (Phi) is 2.52. The predicted octanol–water partition coefficient (Wildman–Crippen LogP) is 5.18. The lowest BCUT2D eigenvalue weighted by atomic mass is 10.0. The summed E-state index contributed by atoms with van der Waals surface area (Å²) in [5.74, 6) is 0.455. The van der Waals surface area contributed by atoms with Crippen molar-refractivity contribution < 1.29 is 0 Å². The van der Waals surface area contributed by atoms with Crippen molar-refractivity contribution in [2.45, 2.75) is 0 Å². The average molecular weight is 315 g/mol. The second-order valence-electron chi connectivity index (χ2n) is 5.66. The second-order valence-corrected chi connectivity index (χ2v) is 6.75. The van der Waals surface area contributed by atoms with Crippen LogP contribution >= 0.6 is 11.3 Å². The Morgan fingerprint density at radius 3 is 2.57 bits per heavy atom. The number of nitrogens with zero attached hydrogens (tertiary/aromatic N) is 1. The molecular formula is C19H13N3S. The molecule has 4 heteroatoms. The molecule has 0 radical (unpaired) electrons. The number of imidazole rings is 1. The number of H-pyrrole nitrogens is 1. The second kappa shape index (κ2) is 4.57. The maximum absolute atomic E-state index is 5.74. The Morgan fingerprint density at radius 1 is 0.826 bits per heavy atom. The van der Waals surface area contributed by atoms with Crippen LogP contribution in [0.15, 0.2) is 60.7 Å². The van der Waals surface area contributed by atoms with E-state index in [9.17, 15) is 0 Å². The van der Waals surface area contributed by atoms with Crippen molar-refractivity contribution in [3.05, 3.63) is 60.7 Å². The Balaban J connectivity index is 1.75. The molecule has 2 aromatic heterocycles. The molecule has 0 saturated heterocycles. The fourth-order valence-corrected chi connectivity index (χ4v) is 4.20. The van der Waals surface area contributed by atoms with Crippen LogP contribution in [0.4, 0.5) is 5.95 Å². The number of fused-ring (bicyclic) bond motifs is 4. The van der Waals surface area contributed by atoms with Gasteiger partial charge in [-0.3, -0.25) is 0 Å². The molecule has 0 atom stereocenters. The van der Waals surface area contributed by atoms with Crippen molar-refractivity contribution >= 4 is 48.5 Å². The quantitative estimate of drug-likeness (QED) is 0.448. The van der Waals surface area contributed by atoms with Gasteiger partial charge in [-0.15, -0.1) is 11.3 Å². The molecule has 0 aliphatic carbocycles. The molecule has 23 heavy (non-hydrogen) atoms. The van der Waals surface area contributed by atoms with Crippen molar-refractivity contribution in [2.24, 2.45) is 0 Å². The smallest absolute Gasteiger partial charge is 0.198 e. The number of nitrogen functional groups attached to an aromatic ring is 1. The monoisotopic (exact) mass is 315 g/mol. The molecule has 110 valence electrons. The maximum atomic E-state index is 5.74. The maximum Gasteiger partial charge on any atom is 0.198 e. The minimum atomic E-state index is 0.455. The van der Waals surface area contributed by atoms with Gasteiger partial charge in [0.1, 0.15) is 0 Å². The molecule has 0 aliphatic rings. The first kappa shape index (κ1) is 12.7. The normalized spacial score (nSPS) is 11.7. The van der Waals surface area contributed by atoms with E-state index >= 15 is 0 Å². The Labute approximate surface area is 136 Å². The van der Waals surface area contributed by atoms with Gasteiger partial charge in [-0.25, -0.2) is 4.98 Å². The van der Waals surface area contributed by atoms with Crippen LogP contribution in [0.25, 0.3) is 42.3 Å². The van der Waals surface area contributed by atoms with Crippen LogP contribution in [0, 0.1) is 0 Å². The van der Waals surface area contributed by atoms with E-state index in [0.29, 0.717) is 5.95 Å². The molecule has 3 aromatic carbocycles. The van der Waals surface area contributed by atoms with Crippen molar-refractivity contribution in [2.75, 3.05) is 5.73 Å². The van der Waals surface area contributed by atoms with E-state index in [-0.39, 0.29) is 0 Å². The van der Waals surface area contributed by atoms with Gasteiger partial charge in [0.2, 0.25) is 0 Å². The summed E-state index contributed by atoms with van der Waals surface area (Å²) >= 11 is 1.84. The Hall–Kier alpha value is -2.85. The summed E-state index contributed by atoms with van der Waals surface area (Å²) in [6.07, 6.45) is 0. The van der Waals surface area contributed by atoms with Gasteiger partial charge >= 0.3 is 0 Å². The highest BCUT2D eigenvalue weighted by Crippen LogP contribution is 2.36. The highest BCUT2D eigenvalue weighted by Gasteiger charge is 2.08. The number of aromatic nitrogens is 2. The molecule has 0 bridgehead atoms. The van der Waals surface area contributed by atoms with Crippen LogP contribution < -0.4 is 5.73 Å². The third-order valence-corrected chi connectivity index (χ3v) is 5.36. The predicted molar refractivity (Wildman–Crippen MR) is 98.8 cm³/mol. The summed E-state index contributed by atoms with van der Waals surface area (Å²) in [5.41, 5.74) is 9.97. The Morgan fingerprint density at radius 2 is 1.61 bits per heavy atom. The van der Waals surface area contributed by atoms with E-state index in [4.69, 9.17) is 5.73 Å². The SMILES string of the molecule is Nc1nc2ccc(-c3ccc4sc5ccccc5c4c3)cc2[nH]1. The van der Waals surface area contributed by atoms with E-state index in [0.717, 1.165) is 11.0 Å². The molecule has 3 nitrogen and oxygen atoms in total. The standard InChI is InChI=1S/C19H13N3S/c20-19-21-15-7-5-12(10-16(15)22-19)11-6-8-18-14(9-11)13-3-1-2-4-17(13)23-18/h1-10H,(H3,20,21,22). The van der Waals surface area contributed by atoms with Gasteiger partial charge in [-0.05, 0) is 41.5 Å². The molecule has 0 spiro atoms. The van der Waals surface area contributed by atoms with Gasteiger partial charge in [0.25, 0.3) is 0 Å². The molecule has 0 aliphatic heterocycles. The number of thiophene rings is 1. The molecule has 0 unspecified atom stereocenters. The molecule has 2 heterocycles. The summed E-state index contributed by atoms with van der Waals surface area (Å²) in [5, 5.41) is 2.63. The third-order valence-electron chi connectivity index (χ3n) is 4.21. The highest BCUT2D eigenvalue weighted by atomic mass is 32.1. The number of nitrogens with two attached hydrogens (primary N) is 1. The lowest BCUT2D eigenvalue weighted by molar-refractivity contribution is 1.35. The van der Waals surface area contributed by atoms with Crippen molar-refractivity contribution in [3.63, 3.8) is 0 Å². The summed E-state index contributed by atoms with van der Waals surface area (Å²) in [4.78, 5) is 7.35. The lowest BCUT2D eigenvalue weighted by Gasteiger charge is -2.02. The number of rotatable bonds is 1. The molecule has 0 amide bonds. The molecule has 0 fully saturated rings. The average Bonchev–Trinajstić information content (AvgIpc) is 3.12.